The smallest absolute Gasteiger partial charge is 0.475 e. The highest BCUT2D eigenvalue weighted by molar-refractivity contribution is 5.87. The molecule has 5 heterocycles. The van der Waals surface area contributed by atoms with Crippen LogP contribution in [0, 0.1) is 10.8 Å². The second kappa shape index (κ2) is 13.4. The first-order chi connectivity index (χ1) is 20.4. The minimum absolute atomic E-state index is 0.00135. The number of fused-ring (bicyclic) bond motifs is 1. The first-order valence-corrected chi connectivity index (χ1v) is 13.6. The van der Waals surface area contributed by atoms with Gasteiger partial charge in [0.15, 0.2) is 0 Å². The van der Waals surface area contributed by atoms with E-state index in [9.17, 15) is 31.1 Å². The summed E-state index contributed by atoms with van der Waals surface area (Å²) >= 11 is 0. The number of aryl methyl sites for hydroxylation is 1. The molecule has 1 unspecified atom stereocenters. The number of carbonyl (C=O) groups excluding carboxylic acids is 1. The number of carboxylic acids is 2. The third-order valence-electron chi connectivity index (χ3n) is 8.15. The molecular formula is C26H33F6N7O5. The van der Waals surface area contributed by atoms with E-state index in [0.29, 0.717) is 5.91 Å². The summed E-state index contributed by atoms with van der Waals surface area (Å²) in [7, 11) is 1.96. The van der Waals surface area contributed by atoms with Gasteiger partial charge in [-0.2, -0.15) is 31.4 Å². The summed E-state index contributed by atoms with van der Waals surface area (Å²) < 4.78 is 65.3. The fourth-order valence-corrected chi connectivity index (χ4v) is 6.03. The van der Waals surface area contributed by atoms with Crippen LogP contribution in [0.1, 0.15) is 31.7 Å². The molecule has 3 aliphatic rings. The fraction of sp³-hybridized carbons (Fsp3) is 0.615. The average Bonchev–Trinajstić information content (AvgIpc) is 3.61. The first-order valence-electron chi connectivity index (χ1n) is 13.6. The average molecular weight is 638 g/mol. The zero-order chi connectivity index (χ0) is 32.9. The van der Waals surface area contributed by atoms with Gasteiger partial charge in [-0.15, -0.1) is 0 Å². The van der Waals surface area contributed by atoms with E-state index in [0.717, 1.165) is 71.0 Å². The number of halogens is 6. The summed E-state index contributed by atoms with van der Waals surface area (Å²) in [4.78, 5) is 47.2. The number of likely N-dealkylation sites (tertiary alicyclic amines) is 2. The molecule has 44 heavy (non-hydrogen) atoms. The summed E-state index contributed by atoms with van der Waals surface area (Å²) in [6.07, 6.45) is 0.507. The molecule has 18 heteroatoms. The van der Waals surface area contributed by atoms with Crippen LogP contribution in [0.25, 0.3) is 0 Å². The number of anilines is 1. The fourth-order valence-electron chi connectivity index (χ4n) is 6.03. The van der Waals surface area contributed by atoms with Gasteiger partial charge in [0.05, 0.1) is 11.6 Å². The number of nitrogens with zero attached hydrogens (tertiary/aromatic N) is 7. The molecule has 0 radical (unpaired) electrons. The van der Waals surface area contributed by atoms with Crippen LogP contribution in [0.3, 0.4) is 0 Å². The molecule has 2 N–H and O–H groups in total. The molecule has 2 aromatic heterocycles. The second-order valence-corrected chi connectivity index (χ2v) is 10.8. The Balaban J connectivity index is 0.000000317. The molecule has 0 aromatic carbocycles. The van der Waals surface area contributed by atoms with Crippen molar-refractivity contribution in [2.45, 2.75) is 45.1 Å². The van der Waals surface area contributed by atoms with Crippen LogP contribution in [0.15, 0.2) is 30.9 Å². The van der Waals surface area contributed by atoms with Crippen LogP contribution >= 0.6 is 0 Å². The van der Waals surface area contributed by atoms with Crippen molar-refractivity contribution in [3.8, 4) is 0 Å². The summed E-state index contributed by atoms with van der Waals surface area (Å²) in [5.41, 5.74) is 0.948. The molecule has 2 spiro atoms. The van der Waals surface area contributed by atoms with E-state index in [-0.39, 0.29) is 10.8 Å². The number of aromatic nitrogens is 4. The molecule has 5 rings (SSSR count). The van der Waals surface area contributed by atoms with Gasteiger partial charge in [-0.3, -0.25) is 14.4 Å². The predicted molar refractivity (Wildman–Crippen MR) is 141 cm³/mol. The van der Waals surface area contributed by atoms with Crippen LogP contribution in [-0.4, -0.2) is 109 Å². The minimum Gasteiger partial charge on any atom is -0.475 e. The van der Waals surface area contributed by atoms with Crippen molar-refractivity contribution in [2.75, 3.05) is 44.2 Å². The Morgan fingerprint density at radius 3 is 1.91 bits per heavy atom. The Hall–Kier alpha value is -3.96. The molecule has 0 bridgehead atoms. The van der Waals surface area contributed by atoms with Crippen molar-refractivity contribution in [1.29, 1.82) is 0 Å². The van der Waals surface area contributed by atoms with Crippen molar-refractivity contribution >= 4 is 23.8 Å². The van der Waals surface area contributed by atoms with E-state index in [1.807, 2.05) is 24.0 Å². The molecule has 0 saturated carbocycles. The van der Waals surface area contributed by atoms with Crippen molar-refractivity contribution in [1.82, 2.24) is 29.5 Å². The molecule has 0 aliphatic carbocycles. The molecule has 2 aromatic rings. The van der Waals surface area contributed by atoms with Crippen LogP contribution in [0.2, 0.25) is 0 Å². The SMILES string of the molecule is CCN1CCC2(CN(c3ncccn3)CC23CCN(Cc2cnn(C)c2)CC3)C1=O.O=C(O)C(F)(F)F.O=C(O)C(F)(F)F. The highest BCUT2D eigenvalue weighted by Crippen LogP contribution is 2.58. The van der Waals surface area contributed by atoms with Crippen LogP contribution < -0.4 is 4.90 Å². The lowest BCUT2D eigenvalue weighted by molar-refractivity contribution is -0.193. The van der Waals surface area contributed by atoms with Gasteiger partial charge in [-0.1, -0.05) is 0 Å². The standard InChI is InChI=1S/C22H31N7O.2C2HF3O2/c1-3-28-12-7-22(19(28)30)17-29(20-23-8-4-9-24-20)16-21(22)5-10-27(11-6-21)15-18-13-25-26(2)14-18;2*3-2(4,5)1(6)7/h4,8-9,13-14H,3,5-7,10-12,15-17H2,1-2H3;2*(H,6,7). The summed E-state index contributed by atoms with van der Waals surface area (Å²) in [6, 6.07) is 1.85. The molecule has 244 valence electrons. The normalized spacial score (nSPS) is 21.6. The molecule has 12 nitrogen and oxygen atoms in total. The monoisotopic (exact) mass is 637 g/mol. The first kappa shape index (κ1) is 34.5. The highest BCUT2D eigenvalue weighted by Gasteiger charge is 2.65. The van der Waals surface area contributed by atoms with E-state index in [1.54, 1.807) is 12.4 Å². The Bertz CT molecular complexity index is 1270. The number of hydrogen-bond donors (Lipinski definition) is 2. The summed E-state index contributed by atoms with van der Waals surface area (Å²) in [5.74, 6) is -4.40. The maximum Gasteiger partial charge on any atom is 0.490 e. The molecular weight excluding hydrogens is 604 g/mol. The van der Waals surface area contributed by atoms with Crippen molar-refractivity contribution < 1.29 is 50.9 Å². The summed E-state index contributed by atoms with van der Waals surface area (Å²) in [6.45, 7) is 8.34. The Labute approximate surface area is 248 Å². The van der Waals surface area contributed by atoms with E-state index < -0.39 is 24.3 Å². The summed E-state index contributed by atoms with van der Waals surface area (Å²) in [5, 5.41) is 18.6. The molecule has 3 aliphatic heterocycles. The largest absolute Gasteiger partial charge is 0.490 e. The lowest BCUT2D eigenvalue weighted by Gasteiger charge is -2.46. The zero-order valence-corrected chi connectivity index (χ0v) is 24.0. The van der Waals surface area contributed by atoms with E-state index in [1.165, 1.54) is 5.56 Å². The Morgan fingerprint density at radius 2 is 1.48 bits per heavy atom. The molecule has 1 atom stereocenters. The van der Waals surface area contributed by atoms with Crippen molar-refractivity contribution in [3.63, 3.8) is 0 Å². The lowest BCUT2D eigenvalue weighted by atomic mass is 9.60. The third kappa shape index (κ3) is 7.75. The van der Waals surface area contributed by atoms with Crippen LogP contribution in [0.4, 0.5) is 32.3 Å². The maximum atomic E-state index is 13.6. The quantitative estimate of drug-likeness (QED) is 0.480. The van der Waals surface area contributed by atoms with Crippen LogP contribution in [-0.2, 0) is 28.0 Å². The zero-order valence-electron chi connectivity index (χ0n) is 24.0. The molecule has 3 saturated heterocycles. The minimum atomic E-state index is -5.08. The Kier molecular flexibility index (Phi) is 10.5. The van der Waals surface area contributed by atoms with Crippen molar-refractivity contribution in [3.05, 3.63) is 36.4 Å². The number of rotatable bonds is 4. The number of amides is 1. The third-order valence-corrected chi connectivity index (χ3v) is 8.15. The van der Waals surface area contributed by atoms with E-state index >= 15 is 0 Å². The molecule has 1 amide bonds. The van der Waals surface area contributed by atoms with Gasteiger partial charge in [-0.05, 0) is 45.3 Å². The van der Waals surface area contributed by atoms with Gasteiger partial charge in [0.2, 0.25) is 11.9 Å². The maximum absolute atomic E-state index is 13.6. The number of carbonyl (C=O) groups is 3. The van der Waals surface area contributed by atoms with Gasteiger partial charge < -0.3 is 20.0 Å². The molecule has 3 fully saturated rings. The topological polar surface area (TPSA) is 145 Å². The van der Waals surface area contributed by atoms with E-state index in [4.69, 9.17) is 19.8 Å². The predicted octanol–water partition coefficient (Wildman–Crippen LogP) is 2.82. The number of carboxylic acid groups (broad SMARTS) is 2. The second-order valence-electron chi connectivity index (χ2n) is 10.8. The number of aliphatic carboxylic acids is 2. The lowest BCUT2D eigenvalue weighted by Crippen LogP contribution is -2.52. The highest BCUT2D eigenvalue weighted by atomic mass is 19.4. The van der Waals surface area contributed by atoms with E-state index in [2.05, 4.69) is 42.9 Å². The van der Waals surface area contributed by atoms with Gasteiger partial charge in [0.1, 0.15) is 0 Å². The van der Waals surface area contributed by atoms with Gasteiger partial charge in [-0.25, -0.2) is 19.6 Å². The van der Waals surface area contributed by atoms with Crippen molar-refractivity contribution in [2.24, 2.45) is 17.9 Å². The Morgan fingerprint density at radius 1 is 0.932 bits per heavy atom. The number of piperidine rings is 1. The van der Waals surface area contributed by atoms with Gasteiger partial charge in [0.25, 0.3) is 0 Å². The van der Waals surface area contributed by atoms with Crippen LogP contribution in [0.5, 0.6) is 0 Å². The number of alkyl halides is 6. The van der Waals surface area contributed by atoms with Gasteiger partial charge >= 0.3 is 24.3 Å². The number of hydrogen-bond acceptors (Lipinski definition) is 8. The van der Waals surface area contributed by atoms with Gasteiger partial charge in [0, 0.05) is 69.3 Å².